The van der Waals surface area contributed by atoms with Gasteiger partial charge in [-0.05, 0) is 38.9 Å². The number of aryl methyl sites for hydroxylation is 1. The number of aliphatic hydroxyl groups excluding tert-OH is 1. The second kappa shape index (κ2) is 5.59. The molecule has 1 aromatic rings. The Kier molecular flexibility index (Phi) is 3.84. The quantitative estimate of drug-likeness (QED) is 0.886. The van der Waals surface area contributed by atoms with Crippen molar-refractivity contribution in [3.8, 4) is 0 Å². The summed E-state index contributed by atoms with van der Waals surface area (Å²) >= 11 is 0. The van der Waals surface area contributed by atoms with Crippen LogP contribution in [0.25, 0.3) is 0 Å². The molecule has 0 amide bonds. The minimum Gasteiger partial charge on any atom is -0.396 e. The Bertz CT molecular complexity index is 423. The molecule has 0 radical (unpaired) electrons. The van der Waals surface area contributed by atoms with Crippen LogP contribution in [-0.2, 0) is 13.0 Å². The molecule has 1 fully saturated rings. The highest BCUT2D eigenvalue weighted by molar-refractivity contribution is 5.06. The van der Waals surface area contributed by atoms with Gasteiger partial charge < -0.3 is 14.6 Å². The molecule has 5 heteroatoms. The third-order valence-electron chi connectivity index (χ3n) is 4.73. The maximum Gasteiger partial charge on any atom is 0.136 e. The van der Waals surface area contributed by atoms with Crippen LogP contribution in [0.4, 0.5) is 0 Å². The van der Waals surface area contributed by atoms with E-state index in [4.69, 9.17) is 0 Å². The average Bonchev–Trinajstić information content (AvgIpc) is 2.90. The minimum atomic E-state index is 0.283. The Morgan fingerprint density at radius 3 is 2.68 bits per heavy atom. The van der Waals surface area contributed by atoms with Gasteiger partial charge in [-0.2, -0.15) is 0 Å². The van der Waals surface area contributed by atoms with Crippen molar-refractivity contribution in [2.45, 2.75) is 45.1 Å². The molecule has 0 aliphatic carbocycles. The molecule has 106 valence electrons. The zero-order valence-electron chi connectivity index (χ0n) is 11.8. The molecule has 1 N–H and O–H groups in total. The second-order valence-corrected chi connectivity index (χ2v) is 5.88. The molecule has 0 aromatic carbocycles. The van der Waals surface area contributed by atoms with Gasteiger partial charge in [0.15, 0.2) is 0 Å². The number of aromatic nitrogens is 3. The molecule has 1 atom stereocenters. The van der Waals surface area contributed by atoms with Crippen molar-refractivity contribution in [3.63, 3.8) is 0 Å². The molecular formula is C14H24N4O. The van der Waals surface area contributed by atoms with Crippen molar-refractivity contribution in [1.82, 2.24) is 19.7 Å². The van der Waals surface area contributed by atoms with Crippen molar-refractivity contribution >= 4 is 0 Å². The summed E-state index contributed by atoms with van der Waals surface area (Å²) in [6.07, 6.45) is 4.39. The molecule has 2 aliphatic rings. The normalized spacial score (nSPS) is 25.5. The van der Waals surface area contributed by atoms with Crippen LogP contribution in [0.1, 0.15) is 43.8 Å². The van der Waals surface area contributed by atoms with E-state index in [-0.39, 0.29) is 6.61 Å². The number of nitrogens with zero attached hydrogens (tertiary/aromatic N) is 4. The Morgan fingerprint density at radius 2 is 2.00 bits per heavy atom. The maximum absolute atomic E-state index is 9.36. The predicted molar refractivity (Wildman–Crippen MR) is 73.0 cm³/mol. The number of aliphatic hydroxyl groups is 1. The summed E-state index contributed by atoms with van der Waals surface area (Å²) in [4.78, 5) is 2.50. The Labute approximate surface area is 114 Å². The lowest BCUT2D eigenvalue weighted by atomic mass is 9.94. The monoisotopic (exact) mass is 264 g/mol. The molecule has 0 saturated carbocycles. The minimum absolute atomic E-state index is 0.283. The van der Waals surface area contributed by atoms with E-state index in [0.717, 1.165) is 31.8 Å². The maximum atomic E-state index is 9.36. The van der Waals surface area contributed by atoms with E-state index >= 15 is 0 Å². The molecule has 2 aliphatic heterocycles. The first-order valence-electron chi connectivity index (χ1n) is 7.57. The summed E-state index contributed by atoms with van der Waals surface area (Å²) in [7, 11) is 0. The third kappa shape index (κ3) is 2.54. The Hall–Kier alpha value is -0.940. The highest BCUT2D eigenvalue weighted by Gasteiger charge is 2.28. The van der Waals surface area contributed by atoms with Gasteiger partial charge in [0.25, 0.3) is 0 Å². The zero-order chi connectivity index (χ0) is 13.2. The highest BCUT2D eigenvalue weighted by atomic mass is 16.3. The summed E-state index contributed by atoms with van der Waals surface area (Å²) in [6.45, 7) is 6.91. The topological polar surface area (TPSA) is 54.2 Å². The van der Waals surface area contributed by atoms with Gasteiger partial charge >= 0.3 is 0 Å². The van der Waals surface area contributed by atoms with Crippen LogP contribution in [0.2, 0.25) is 0 Å². The lowest BCUT2D eigenvalue weighted by Crippen LogP contribution is -2.34. The van der Waals surface area contributed by atoms with Gasteiger partial charge in [0.1, 0.15) is 11.6 Å². The number of likely N-dealkylation sites (tertiary alicyclic amines) is 1. The first-order chi connectivity index (χ1) is 9.31. The predicted octanol–water partition coefficient (Wildman–Crippen LogP) is 1.03. The summed E-state index contributed by atoms with van der Waals surface area (Å²) < 4.78 is 2.29. The molecule has 0 bridgehead atoms. The number of piperidine rings is 1. The average molecular weight is 264 g/mol. The van der Waals surface area contributed by atoms with Crippen LogP contribution >= 0.6 is 0 Å². The van der Waals surface area contributed by atoms with Gasteiger partial charge in [-0.1, -0.05) is 6.92 Å². The van der Waals surface area contributed by atoms with Crippen LogP contribution in [0.15, 0.2) is 0 Å². The molecule has 19 heavy (non-hydrogen) atoms. The van der Waals surface area contributed by atoms with Crippen molar-refractivity contribution < 1.29 is 5.11 Å². The second-order valence-electron chi connectivity index (χ2n) is 5.88. The molecule has 5 nitrogen and oxygen atoms in total. The van der Waals surface area contributed by atoms with Crippen molar-refractivity contribution in [1.29, 1.82) is 0 Å². The van der Waals surface area contributed by atoms with E-state index in [1.165, 1.54) is 31.8 Å². The summed E-state index contributed by atoms with van der Waals surface area (Å²) in [5.74, 6) is 3.24. The first-order valence-corrected chi connectivity index (χ1v) is 7.57. The number of fused-ring (bicyclic) bond motifs is 1. The van der Waals surface area contributed by atoms with Crippen LogP contribution in [0, 0.1) is 5.92 Å². The fraction of sp³-hybridized carbons (Fsp3) is 0.857. The van der Waals surface area contributed by atoms with Gasteiger partial charge in [-0.15, -0.1) is 10.2 Å². The van der Waals surface area contributed by atoms with Crippen LogP contribution < -0.4 is 0 Å². The van der Waals surface area contributed by atoms with E-state index in [9.17, 15) is 5.11 Å². The Morgan fingerprint density at radius 1 is 1.21 bits per heavy atom. The van der Waals surface area contributed by atoms with Crippen molar-refractivity contribution in [3.05, 3.63) is 11.6 Å². The fourth-order valence-electron chi connectivity index (χ4n) is 3.37. The van der Waals surface area contributed by atoms with Gasteiger partial charge in [0.05, 0.1) is 0 Å². The van der Waals surface area contributed by atoms with Crippen LogP contribution in [-0.4, -0.2) is 51.0 Å². The lowest BCUT2D eigenvalue weighted by molar-refractivity contribution is 0.184. The van der Waals surface area contributed by atoms with E-state index in [0.29, 0.717) is 11.8 Å². The van der Waals surface area contributed by atoms with Crippen LogP contribution in [0.3, 0.4) is 0 Å². The van der Waals surface area contributed by atoms with Gasteiger partial charge in [-0.25, -0.2) is 0 Å². The van der Waals surface area contributed by atoms with Crippen molar-refractivity contribution in [2.75, 3.05) is 26.2 Å². The standard InChI is InChI=1S/C14H24N4O/c1-2-17-7-5-12(6-8-17)14-16-15-13-4-3-11(10-19)9-18(13)14/h11-12,19H,2-10H2,1H3. The van der Waals surface area contributed by atoms with Crippen LogP contribution in [0.5, 0.6) is 0 Å². The van der Waals surface area contributed by atoms with Gasteiger partial charge in [0, 0.05) is 31.4 Å². The van der Waals surface area contributed by atoms with Crippen molar-refractivity contribution in [2.24, 2.45) is 5.92 Å². The van der Waals surface area contributed by atoms with Gasteiger partial charge in [-0.3, -0.25) is 0 Å². The number of rotatable bonds is 3. The van der Waals surface area contributed by atoms with E-state index in [2.05, 4.69) is 26.6 Å². The third-order valence-corrected chi connectivity index (χ3v) is 4.73. The van der Waals surface area contributed by atoms with Gasteiger partial charge in [0.2, 0.25) is 0 Å². The highest BCUT2D eigenvalue weighted by Crippen LogP contribution is 2.30. The molecular weight excluding hydrogens is 240 g/mol. The molecule has 1 aromatic heterocycles. The summed E-state index contributed by atoms with van der Waals surface area (Å²) in [5, 5.41) is 18.2. The van der Waals surface area contributed by atoms with E-state index < -0.39 is 0 Å². The fourth-order valence-corrected chi connectivity index (χ4v) is 3.37. The summed E-state index contributed by atoms with van der Waals surface area (Å²) in [5.41, 5.74) is 0. The molecule has 0 spiro atoms. The molecule has 3 rings (SSSR count). The SMILES string of the molecule is CCN1CCC(c2nnc3n2CC(CO)CC3)CC1. The zero-order valence-corrected chi connectivity index (χ0v) is 11.8. The molecule has 3 heterocycles. The lowest BCUT2D eigenvalue weighted by Gasteiger charge is -2.31. The summed E-state index contributed by atoms with van der Waals surface area (Å²) in [6, 6.07) is 0. The number of hydrogen-bond acceptors (Lipinski definition) is 4. The Balaban J connectivity index is 1.74. The van der Waals surface area contributed by atoms with E-state index in [1.54, 1.807) is 0 Å². The van der Waals surface area contributed by atoms with E-state index in [1.807, 2.05) is 0 Å². The smallest absolute Gasteiger partial charge is 0.136 e. The number of hydrogen-bond donors (Lipinski definition) is 1. The first kappa shape index (κ1) is 13.1. The molecule has 1 unspecified atom stereocenters. The molecule has 1 saturated heterocycles. The largest absolute Gasteiger partial charge is 0.396 e.